The standard InChI is InChI=1S/C20H20FN5O2/c1-11-6-4-5-9-26(11)20-24-17-16(19(28)25-20)15(13(10-22)18(27)23-17)12-7-2-3-8-14(12)21/h2-3,7-8,11,13,15H,4-6,9H2,1H3,(H2,23,24,25,27,28). The molecule has 3 atom stereocenters. The third-order valence-electron chi connectivity index (χ3n) is 5.57. The van der Waals surface area contributed by atoms with E-state index >= 15 is 0 Å². The summed E-state index contributed by atoms with van der Waals surface area (Å²) >= 11 is 0. The SMILES string of the molecule is CC1CCCCN1c1nc2c(c(=O)[nH]1)C(c1ccccc1F)C(C#N)C(=O)N2. The fourth-order valence-electron chi connectivity index (χ4n) is 4.11. The Labute approximate surface area is 161 Å². The van der Waals surface area contributed by atoms with E-state index in [-0.39, 0.29) is 23.0 Å². The normalized spacial score (nSPS) is 24.2. The number of nitriles is 1. The second-order valence-electron chi connectivity index (χ2n) is 7.29. The Morgan fingerprint density at radius 2 is 2.07 bits per heavy atom. The highest BCUT2D eigenvalue weighted by Gasteiger charge is 2.41. The molecule has 0 aliphatic carbocycles. The highest BCUT2D eigenvalue weighted by atomic mass is 19.1. The molecule has 0 radical (unpaired) electrons. The van der Waals surface area contributed by atoms with Crippen LogP contribution in [0.3, 0.4) is 0 Å². The summed E-state index contributed by atoms with van der Waals surface area (Å²) in [6.45, 7) is 2.82. The zero-order valence-electron chi connectivity index (χ0n) is 15.4. The van der Waals surface area contributed by atoms with Crippen molar-refractivity contribution in [2.24, 2.45) is 5.92 Å². The summed E-state index contributed by atoms with van der Waals surface area (Å²) in [5, 5.41) is 12.1. The van der Waals surface area contributed by atoms with Crippen LogP contribution in [0.25, 0.3) is 0 Å². The molecule has 1 aromatic carbocycles. The van der Waals surface area contributed by atoms with Crippen LogP contribution in [0.2, 0.25) is 0 Å². The minimum atomic E-state index is -1.22. The van der Waals surface area contributed by atoms with Gasteiger partial charge in [-0.1, -0.05) is 18.2 Å². The fraction of sp³-hybridized carbons (Fsp3) is 0.400. The zero-order valence-corrected chi connectivity index (χ0v) is 15.4. The highest BCUT2D eigenvalue weighted by Crippen LogP contribution is 2.39. The number of nitrogens with zero attached hydrogens (tertiary/aromatic N) is 3. The van der Waals surface area contributed by atoms with Crippen molar-refractivity contribution in [3.05, 3.63) is 51.6 Å². The number of aromatic nitrogens is 2. The van der Waals surface area contributed by atoms with Crippen molar-refractivity contribution in [2.75, 3.05) is 16.8 Å². The molecule has 0 spiro atoms. The summed E-state index contributed by atoms with van der Waals surface area (Å²) in [6.07, 6.45) is 3.09. The van der Waals surface area contributed by atoms with Gasteiger partial charge in [0.2, 0.25) is 11.9 Å². The number of amides is 1. The van der Waals surface area contributed by atoms with Crippen molar-refractivity contribution in [2.45, 2.75) is 38.1 Å². The van der Waals surface area contributed by atoms with Gasteiger partial charge in [0.25, 0.3) is 5.56 Å². The van der Waals surface area contributed by atoms with Crippen LogP contribution >= 0.6 is 0 Å². The first kappa shape index (κ1) is 18.2. The summed E-state index contributed by atoms with van der Waals surface area (Å²) < 4.78 is 14.5. The molecule has 2 aliphatic heterocycles. The van der Waals surface area contributed by atoms with Gasteiger partial charge in [0, 0.05) is 18.5 Å². The van der Waals surface area contributed by atoms with Crippen molar-refractivity contribution in [1.82, 2.24) is 9.97 Å². The summed E-state index contributed by atoms with van der Waals surface area (Å²) in [7, 11) is 0. The predicted molar refractivity (Wildman–Crippen MR) is 101 cm³/mol. The lowest BCUT2D eigenvalue weighted by Crippen LogP contribution is -2.42. The lowest BCUT2D eigenvalue weighted by molar-refractivity contribution is -0.119. The topological polar surface area (TPSA) is 102 Å². The van der Waals surface area contributed by atoms with Gasteiger partial charge in [-0.25, -0.2) is 4.39 Å². The number of hydrogen-bond donors (Lipinski definition) is 2. The Morgan fingerprint density at radius 3 is 2.79 bits per heavy atom. The molecule has 4 rings (SSSR count). The van der Waals surface area contributed by atoms with Gasteiger partial charge in [0.05, 0.1) is 11.6 Å². The van der Waals surface area contributed by atoms with Crippen molar-refractivity contribution in [1.29, 1.82) is 5.26 Å². The summed E-state index contributed by atoms with van der Waals surface area (Å²) in [4.78, 5) is 34.8. The molecule has 2 N–H and O–H groups in total. The maximum atomic E-state index is 14.5. The first-order valence-electron chi connectivity index (χ1n) is 9.37. The Morgan fingerprint density at radius 1 is 1.29 bits per heavy atom. The number of fused-ring (bicyclic) bond motifs is 1. The van der Waals surface area contributed by atoms with E-state index in [4.69, 9.17) is 0 Å². The molecule has 2 aliphatic rings. The van der Waals surface area contributed by atoms with E-state index in [1.165, 1.54) is 18.2 Å². The first-order valence-corrected chi connectivity index (χ1v) is 9.37. The van der Waals surface area contributed by atoms with Gasteiger partial charge in [0.15, 0.2) is 0 Å². The van der Waals surface area contributed by atoms with E-state index < -0.39 is 29.1 Å². The minimum Gasteiger partial charge on any atom is -0.340 e. The number of halogens is 1. The molecule has 1 fully saturated rings. The van der Waals surface area contributed by atoms with E-state index in [0.717, 1.165) is 25.8 Å². The average Bonchev–Trinajstić information content (AvgIpc) is 2.67. The molecule has 1 saturated heterocycles. The molecule has 7 nitrogen and oxygen atoms in total. The molecule has 8 heteroatoms. The van der Waals surface area contributed by atoms with E-state index in [0.29, 0.717) is 5.95 Å². The number of H-pyrrole nitrogens is 1. The molecular formula is C20H20FN5O2. The van der Waals surface area contributed by atoms with Gasteiger partial charge in [0.1, 0.15) is 17.6 Å². The first-order chi connectivity index (χ1) is 13.5. The van der Waals surface area contributed by atoms with Crippen molar-refractivity contribution in [3.8, 4) is 6.07 Å². The molecule has 28 heavy (non-hydrogen) atoms. The molecule has 3 heterocycles. The monoisotopic (exact) mass is 381 g/mol. The maximum Gasteiger partial charge on any atom is 0.258 e. The summed E-state index contributed by atoms with van der Waals surface area (Å²) in [5.41, 5.74) is -0.215. The summed E-state index contributed by atoms with van der Waals surface area (Å²) in [5.74, 6) is -2.90. The maximum absolute atomic E-state index is 14.5. The second-order valence-corrected chi connectivity index (χ2v) is 7.29. The van der Waals surface area contributed by atoms with Gasteiger partial charge in [-0.05, 0) is 37.8 Å². The van der Waals surface area contributed by atoms with Crippen LogP contribution in [0.5, 0.6) is 0 Å². The van der Waals surface area contributed by atoms with E-state index in [1.807, 2.05) is 11.0 Å². The third kappa shape index (κ3) is 2.93. The molecule has 3 unspecified atom stereocenters. The molecule has 144 valence electrons. The number of rotatable bonds is 2. The summed E-state index contributed by atoms with van der Waals surface area (Å²) in [6, 6.07) is 8.01. The van der Waals surface area contributed by atoms with E-state index in [1.54, 1.807) is 6.07 Å². The number of benzene rings is 1. The van der Waals surface area contributed by atoms with E-state index in [9.17, 15) is 19.2 Å². The predicted octanol–water partition coefficient (Wildman–Crippen LogP) is 2.51. The van der Waals surface area contributed by atoms with Gasteiger partial charge in [-0.15, -0.1) is 0 Å². The Hall–Kier alpha value is -3.21. The van der Waals surface area contributed by atoms with Gasteiger partial charge >= 0.3 is 0 Å². The van der Waals surface area contributed by atoms with Gasteiger partial charge in [-0.3, -0.25) is 14.6 Å². The lowest BCUT2D eigenvalue weighted by atomic mass is 9.79. The minimum absolute atomic E-state index is 0.0984. The lowest BCUT2D eigenvalue weighted by Gasteiger charge is -2.35. The molecule has 2 aromatic rings. The number of aromatic amines is 1. The van der Waals surface area contributed by atoms with Crippen LogP contribution in [0.1, 0.15) is 43.2 Å². The van der Waals surface area contributed by atoms with Crippen molar-refractivity contribution < 1.29 is 9.18 Å². The van der Waals surface area contributed by atoms with Crippen LogP contribution < -0.4 is 15.8 Å². The van der Waals surface area contributed by atoms with Crippen molar-refractivity contribution in [3.63, 3.8) is 0 Å². The average molecular weight is 381 g/mol. The third-order valence-corrected chi connectivity index (χ3v) is 5.57. The van der Waals surface area contributed by atoms with Crippen LogP contribution in [-0.4, -0.2) is 28.5 Å². The van der Waals surface area contributed by atoms with Crippen LogP contribution in [-0.2, 0) is 4.79 Å². The van der Waals surface area contributed by atoms with Crippen LogP contribution in [0.15, 0.2) is 29.1 Å². The smallest absolute Gasteiger partial charge is 0.258 e. The Balaban J connectivity index is 1.87. The molecule has 1 amide bonds. The van der Waals surface area contributed by atoms with Gasteiger partial charge in [-0.2, -0.15) is 10.2 Å². The Bertz CT molecular complexity index is 1030. The number of carbonyl (C=O) groups excluding carboxylic acids is 1. The molecule has 0 bridgehead atoms. The largest absolute Gasteiger partial charge is 0.340 e. The quantitative estimate of drug-likeness (QED) is 0.832. The number of hydrogen-bond acceptors (Lipinski definition) is 5. The number of piperidine rings is 1. The van der Waals surface area contributed by atoms with Gasteiger partial charge < -0.3 is 10.2 Å². The molecule has 0 saturated carbocycles. The second kappa shape index (κ2) is 7.08. The highest BCUT2D eigenvalue weighted by molar-refractivity contribution is 5.98. The molecule has 1 aromatic heterocycles. The molecular weight excluding hydrogens is 361 g/mol. The fourth-order valence-corrected chi connectivity index (χ4v) is 4.11. The zero-order chi connectivity index (χ0) is 19.8. The number of nitrogens with one attached hydrogen (secondary N) is 2. The number of anilines is 2. The van der Waals surface area contributed by atoms with Crippen LogP contribution in [0.4, 0.5) is 16.2 Å². The van der Waals surface area contributed by atoms with E-state index in [2.05, 4.69) is 22.2 Å². The number of carbonyl (C=O) groups is 1. The van der Waals surface area contributed by atoms with Crippen LogP contribution in [0, 0.1) is 23.1 Å². The van der Waals surface area contributed by atoms with Crippen molar-refractivity contribution >= 4 is 17.7 Å². The Kier molecular flexibility index (Phi) is 4.59.